The molecule has 0 bridgehead atoms. The molecule has 1 heterocycles. The molecule has 1 fully saturated rings. The van der Waals surface area contributed by atoms with Crippen LogP contribution in [0.3, 0.4) is 0 Å². The fourth-order valence-corrected chi connectivity index (χ4v) is 1.94. The van der Waals surface area contributed by atoms with Crippen LogP contribution < -0.4 is 10.2 Å². The summed E-state index contributed by atoms with van der Waals surface area (Å²) in [6.45, 7) is 3.42. The third-order valence-electron chi connectivity index (χ3n) is 2.79. The van der Waals surface area contributed by atoms with Gasteiger partial charge in [0.2, 0.25) is 0 Å². The average Bonchev–Trinajstić information content (AvgIpc) is 2.31. The summed E-state index contributed by atoms with van der Waals surface area (Å²) in [5, 5.41) is 3.23. The van der Waals surface area contributed by atoms with E-state index in [4.69, 9.17) is 0 Å². The van der Waals surface area contributed by atoms with Gasteiger partial charge in [-0.2, -0.15) is 0 Å². The Morgan fingerprint density at radius 1 is 1.38 bits per heavy atom. The van der Waals surface area contributed by atoms with Gasteiger partial charge in [-0.25, -0.2) is 4.39 Å². The molecular formula is C12H15FN2O. The van der Waals surface area contributed by atoms with Gasteiger partial charge in [0, 0.05) is 32.6 Å². The second kappa shape index (κ2) is 5.07. The Hall–Kier alpha value is -1.42. The van der Waals surface area contributed by atoms with E-state index in [9.17, 15) is 9.18 Å². The van der Waals surface area contributed by atoms with Gasteiger partial charge < -0.3 is 15.0 Å². The van der Waals surface area contributed by atoms with E-state index in [0.29, 0.717) is 5.69 Å². The summed E-state index contributed by atoms with van der Waals surface area (Å²) >= 11 is 0. The minimum atomic E-state index is -0.235. The number of anilines is 1. The largest absolute Gasteiger partial charge is 0.367 e. The van der Waals surface area contributed by atoms with Crippen LogP contribution in [0.2, 0.25) is 0 Å². The van der Waals surface area contributed by atoms with Gasteiger partial charge in [0.05, 0.1) is 5.69 Å². The Labute approximate surface area is 94.3 Å². The highest BCUT2D eigenvalue weighted by atomic mass is 19.1. The molecule has 0 radical (unpaired) electrons. The summed E-state index contributed by atoms with van der Waals surface area (Å²) in [6.07, 6.45) is 1.07. The predicted molar refractivity (Wildman–Crippen MR) is 61.3 cm³/mol. The lowest BCUT2D eigenvalue weighted by Crippen LogP contribution is -2.43. The van der Waals surface area contributed by atoms with E-state index in [1.165, 1.54) is 6.07 Å². The minimum absolute atomic E-state index is 0.235. The molecule has 1 aromatic rings. The monoisotopic (exact) mass is 222 g/mol. The molecule has 1 saturated heterocycles. The van der Waals surface area contributed by atoms with E-state index in [-0.39, 0.29) is 12.2 Å². The van der Waals surface area contributed by atoms with Crippen LogP contribution >= 0.6 is 0 Å². The molecule has 3 nitrogen and oxygen atoms in total. The molecule has 0 saturated carbocycles. The summed E-state index contributed by atoms with van der Waals surface area (Å²) in [6, 6.07) is 5.03. The first-order valence-electron chi connectivity index (χ1n) is 5.49. The van der Waals surface area contributed by atoms with Gasteiger partial charge in [0.15, 0.2) is 0 Å². The van der Waals surface area contributed by atoms with E-state index in [1.807, 2.05) is 11.0 Å². The van der Waals surface area contributed by atoms with Crippen molar-refractivity contribution in [1.82, 2.24) is 5.32 Å². The van der Waals surface area contributed by atoms with Gasteiger partial charge in [0.1, 0.15) is 12.1 Å². The van der Waals surface area contributed by atoms with E-state index >= 15 is 0 Å². The van der Waals surface area contributed by atoms with E-state index in [1.54, 1.807) is 6.07 Å². The highest BCUT2D eigenvalue weighted by Crippen LogP contribution is 2.20. The zero-order valence-corrected chi connectivity index (χ0v) is 9.08. The van der Waals surface area contributed by atoms with E-state index < -0.39 is 0 Å². The van der Waals surface area contributed by atoms with E-state index in [0.717, 1.165) is 38.0 Å². The molecule has 86 valence electrons. The van der Waals surface area contributed by atoms with Gasteiger partial charge in [0.25, 0.3) is 0 Å². The lowest BCUT2D eigenvalue weighted by molar-refractivity contribution is -0.107. The summed E-state index contributed by atoms with van der Waals surface area (Å²) < 4.78 is 13.8. The highest BCUT2D eigenvalue weighted by Gasteiger charge is 2.14. The van der Waals surface area contributed by atoms with Crippen molar-refractivity contribution in [3.05, 3.63) is 29.6 Å². The quantitative estimate of drug-likeness (QED) is 0.774. The van der Waals surface area contributed by atoms with Crippen LogP contribution in [0.1, 0.15) is 5.56 Å². The lowest BCUT2D eigenvalue weighted by atomic mass is 10.1. The van der Waals surface area contributed by atoms with E-state index in [2.05, 4.69) is 5.32 Å². The van der Waals surface area contributed by atoms with Crippen molar-refractivity contribution in [2.45, 2.75) is 6.42 Å². The number of carbonyl (C=O) groups is 1. The average molecular weight is 222 g/mol. The van der Waals surface area contributed by atoms with Crippen LogP contribution in [0.4, 0.5) is 10.1 Å². The SMILES string of the molecule is O=CCc1ccc(N2CCNCC2)c(F)c1. The van der Waals surface area contributed by atoms with Crippen molar-refractivity contribution >= 4 is 12.0 Å². The van der Waals surface area contributed by atoms with Crippen LogP contribution in [-0.2, 0) is 11.2 Å². The fourth-order valence-electron chi connectivity index (χ4n) is 1.94. The predicted octanol–water partition coefficient (Wildman–Crippen LogP) is 0.977. The number of nitrogens with zero attached hydrogens (tertiary/aromatic N) is 1. The van der Waals surface area contributed by atoms with Crippen molar-refractivity contribution in [3.8, 4) is 0 Å². The Morgan fingerprint density at radius 2 is 2.12 bits per heavy atom. The summed E-state index contributed by atoms with van der Waals surface area (Å²) in [5.41, 5.74) is 1.36. The number of nitrogens with one attached hydrogen (secondary N) is 1. The second-order valence-electron chi connectivity index (χ2n) is 3.89. The Morgan fingerprint density at radius 3 is 2.75 bits per heavy atom. The van der Waals surface area contributed by atoms with Crippen LogP contribution in [0.25, 0.3) is 0 Å². The number of halogens is 1. The van der Waals surface area contributed by atoms with Crippen LogP contribution in [0.15, 0.2) is 18.2 Å². The van der Waals surface area contributed by atoms with Crippen LogP contribution in [-0.4, -0.2) is 32.5 Å². The smallest absolute Gasteiger partial charge is 0.146 e. The number of benzene rings is 1. The van der Waals surface area contributed by atoms with Crippen molar-refractivity contribution < 1.29 is 9.18 Å². The number of aldehydes is 1. The maximum absolute atomic E-state index is 13.8. The number of rotatable bonds is 3. The zero-order valence-electron chi connectivity index (χ0n) is 9.08. The molecular weight excluding hydrogens is 207 g/mol. The first-order chi connectivity index (χ1) is 7.81. The summed E-state index contributed by atoms with van der Waals surface area (Å²) in [7, 11) is 0. The normalized spacial score (nSPS) is 16.2. The molecule has 4 heteroatoms. The van der Waals surface area contributed by atoms with Gasteiger partial charge in [-0.15, -0.1) is 0 Å². The van der Waals surface area contributed by atoms with Gasteiger partial charge in [-0.3, -0.25) is 0 Å². The first kappa shape index (κ1) is 11.1. The van der Waals surface area contributed by atoms with Crippen molar-refractivity contribution in [3.63, 3.8) is 0 Å². The van der Waals surface area contributed by atoms with Crippen LogP contribution in [0.5, 0.6) is 0 Å². The Bertz CT molecular complexity index is 375. The number of hydrogen-bond donors (Lipinski definition) is 1. The van der Waals surface area contributed by atoms with Crippen molar-refractivity contribution in [1.29, 1.82) is 0 Å². The maximum atomic E-state index is 13.8. The Kier molecular flexibility index (Phi) is 3.51. The third-order valence-corrected chi connectivity index (χ3v) is 2.79. The van der Waals surface area contributed by atoms with Crippen molar-refractivity contribution in [2.24, 2.45) is 0 Å². The number of hydrogen-bond acceptors (Lipinski definition) is 3. The second-order valence-corrected chi connectivity index (χ2v) is 3.89. The van der Waals surface area contributed by atoms with Gasteiger partial charge in [-0.1, -0.05) is 6.07 Å². The fraction of sp³-hybridized carbons (Fsp3) is 0.417. The molecule has 2 rings (SSSR count). The summed E-state index contributed by atoms with van der Waals surface area (Å²) in [4.78, 5) is 12.4. The van der Waals surface area contributed by atoms with Gasteiger partial charge in [-0.05, 0) is 17.7 Å². The first-order valence-corrected chi connectivity index (χ1v) is 5.49. The lowest BCUT2D eigenvalue weighted by Gasteiger charge is -2.29. The Balaban J connectivity index is 2.17. The molecule has 1 aromatic carbocycles. The van der Waals surface area contributed by atoms with Gasteiger partial charge >= 0.3 is 0 Å². The highest BCUT2D eigenvalue weighted by molar-refractivity contribution is 5.57. The third kappa shape index (κ3) is 2.39. The molecule has 1 aliphatic heterocycles. The molecule has 1 aliphatic rings. The maximum Gasteiger partial charge on any atom is 0.146 e. The number of carbonyl (C=O) groups excluding carboxylic acids is 1. The molecule has 0 amide bonds. The molecule has 0 aromatic heterocycles. The van der Waals surface area contributed by atoms with Crippen molar-refractivity contribution in [2.75, 3.05) is 31.1 Å². The molecule has 16 heavy (non-hydrogen) atoms. The molecule has 0 aliphatic carbocycles. The zero-order chi connectivity index (χ0) is 11.4. The molecule has 0 unspecified atom stereocenters. The number of piperazine rings is 1. The standard InChI is InChI=1S/C12H15FN2O/c13-11-9-10(3-8-16)1-2-12(11)15-6-4-14-5-7-15/h1-2,8-9,14H,3-7H2. The molecule has 1 N–H and O–H groups in total. The summed E-state index contributed by atoms with van der Waals surface area (Å²) in [5.74, 6) is -0.235. The van der Waals surface area contributed by atoms with Crippen LogP contribution in [0, 0.1) is 5.82 Å². The topological polar surface area (TPSA) is 32.3 Å². The molecule has 0 atom stereocenters. The molecule has 0 spiro atoms. The minimum Gasteiger partial charge on any atom is -0.367 e.